The zero-order valence-electron chi connectivity index (χ0n) is 10.4. The van der Waals surface area contributed by atoms with E-state index >= 15 is 0 Å². The molecular formula is C15H10ClN3O. The third-order valence-corrected chi connectivity index (χ3v) is 2.99. The van der Waals surface area contributed by atoms with Gasteiger partial charge in [-0.05, 0) is 29.8 Å². The van der Waals surface area contributed by atoms with Crippen LogP contribution in [0.25, 0.3) is 23.7 Å². The van der Waals surface area contributed by atoms with Crippen LogP contribution in [-0.4, -0.2) is 15.1 Å². The van der Waals surface area contributed by atoms with Gasteiger partial charge < -0.3 is 4.52 Å². The van der Waals surface area contributed by atoms with Gasteiger partial charge in [-0.25, -0.2) is 0 Å². The third-order valence-electron chi connectivity index (χ3n) is 2.65. The monoisotopic (exact) mass is 283 g/mol. The minimum Gasteiger partial charge on any atom is -0.334 e. The van der Waals surface area contributed by atoms with E-state index in [1.165, 1.54) is 0 Å². The number of benzene rings is 1. The van der Waals surface area contributed by atoms with Crippen molar-refractivity contribution in [3.63, 3.8) is 0 Å². The van der Waals surface area contributed by atoms with Crippen LogP contribution in [0, 0.1) is 0 Å². The van der Waals surface area contributed by atoms with Crippen molar-refractivity contribution >= 4 is 23.8 Å². The molecule has 98 valence electrons. The molecule has 4 nitrogen and oxygen atoms in total. The molecule has 3 rings (SSSR count). The average Bonchev–Trinajstić information content (AvgIpc) is 2.96. The van der Waals surface area contributed by atoms with E-state index in [1.807, 2.05) is 48.5 Å². The molecule has 1 aromatic carbocycles. The lowest BCUT2D eigenvalue weighted by molar-refractivity contribution is 0.411. The van der Waals surface area contributed by atoms with E-state index < -0.39 is 0 Å². The predicted octanol–water partition coefficient (Wildman–Crippen LogP) is 3.96. The van der Waals surface area contributed by atoms with Crippen LogP contribution in [0.1, 0.15) is 11.5 Å². The topological polar surface area (TPSA) is 51.8 Å². The zero-order chi connectivity index (χ0) is 13.8. The minimum absolute atomic E-state index is 0.408. The van der Waals surface area contributed by atoms with Gasteiger partial charge in [-0.3, -0.25) is 4.98 Å². The van der Waals surface area contributed by atoms with Crippen LogP contribution < -0.4 is 0 Å². The summed E-state index contributed by atoms with van der Waals surface area (Å²) in [7, 11) is 0. The van der Waals surface area contributed by atoms with Crippen molar-refractivity contribution in [3.8, 4) is 11.5 Å². The lowest BCUT2D eigenvalue weighted by Crippen LogP contribution is -1.83. The highest BCUT2D eigenvalue weighted by molar-refractivity contribution is 6.32. The molecule has 0 aliphatic rings. The van der Waals surface area contributed by atoms with E-state index in [9.17, 15) is 0 Å². The molecule has 0 radical (unpaired) electrons. The first-order valence-corrected chi connectivity index (χ1v) is 6.38. The van der Waals surface area contributed by atoms with Crippen molar-refractivity contribution in [2.75, 3.05) is 0 Å². The van der Waals surface area contributed by atoms with Crippen molar-refractivity contribution in [1.29, 1.82) is 0 Å². The van der Waals surface area contributed by atoms with Crippen LogP contribution in [0.4, 0.5) is 0 Å². The first-order chi connectivity index (χ1) is 9.83. The Morgan fingerprint density at radius 3 is 2.65 bits per heavy atom. The second kappa shape index (κ2) is 5.67. The van der Waals surface area contributed by atoms with Gasteiger partial charge >= 0.3 is 0 Å². The van der Waals surface area contributed by atoms with Gasteiger partial charge in [0.2, 0.25) is 5.82 Å². The molecule has 0 N–H and O–H groups in total. The SMILES string of the molecule is Clc1ccccc1C=Cc1nc(-c2ccccn2)no1. The maximum atomic E-state index is 6.06. The largest absolute Gasteiger partial charge is 0.334 e. The summed E-state index contributed by atoms with van der Waals surface area (Å²) in [6, 6.07) is 13.1. The highest BCUT2D eigenvalue weighted by Crippen LogP contribution is 2.18. The molecule has 0 aliphatic heterocycles. The highest BCUT2D eigenvalue weighted by Gasteiger charge is 2.06. The molecule has 0 atom stereocenters. The molecule has 0 spiro atoms. The number of hydrogen-bond donors (Lipinski definition) is 0. The van der Waals surface area contributed by atoms with Gasteiger partial charge in [-0.1, -0.05) is 41.0 Å². The van der Waals surface area contributed by atoms with Gasteiger partial charge in [0, 0.05) is 17.3 Å². The molecule has 20 heavy (non-hydrogen) atoms. The molecule has 0 aliphatic carbocycles. The van der Waals surface area contributed by atoms with E-state index in [4.69, 9.17) is 16.1 Å². The van der Waals surface area contributed by atoms with Crippen molar-refractivity contribution in [3.05, 3.63) is 65.1 Å². The van der Waals surface area contributed by atoms with E-state index in [0.29, 0.717) is 22.4 Å². The minimum atomic E-state index is 0.408. The van der Waals surface area contributed by atoms with Crippen LogP contribution in [0.3, 0.4) is 0 Å². The summed E-state index contributed by atoms with van der Waals surface area (Å²) in [6.45, 7) is 0. The summed E-state index contributed by atoms with van der Waals surface area (Å²) in [5.41, 5.74) is 1.57. The van der Waals surface area contributed by atoms with E-state index in [1.54, 1.807) is 12.3 Å². The summed E-state index contributed by atoms with van der Waals surface area (Å²) in [5, 5.41) is 4.56. The summed E-state index contributed by atoms with van der Waals surface area (Å²) in [5.74, 6) is 0.870. The van der Waals surface area contributed by atoms with Gasteiger partial charge in [0.15, 0.2) is 0 Å². The van der Waals surface area contributed by atoms with E-state index in [-0.39, 0.29) is 0 Å². The van der Waals surface area contributed by atoms with Gasteiger partial charge in [0.1, 0.15) is 5.69 Å². The van der Waals surface area contributed by atoms with E-state index in [2.05, 4.69) is 15.1 Å². The Hall–Kier alpha value is -2.46. The number of hydrogen-bond acceptors (Lipinski definition) is 4. The van der Waals surface area contributed by atoms with Crippen LogP contribution >= 0.6 is 11.6 Å². The maximum Gasteiger partial charge on any atom is 0.251 e. The van der Waals surface area contributed by atoms with Gasteiger partial charge in [0.05, 0.1) is 0 Å². The average molecular weight is 284 g/mol. The Kier molecular flexibility index (Phi) is 3.56. The van der Waals surface area contributed by atoms with E-state index in [0.717, 1.165) is 5.56 Å². The Morgan fingerprint density at radius 1 is 1.00 bits per heavy atom. The van der Waals surface area contributed by atoms with Crippen LogP contribution in [0.5, 0.6) is 0 Å². The van der Waals surface area contributed by atoms with Crippen molar-refractivity contribution in [2.24, 2.45) is 0 Å². The Morgan fingerprint density at radius 2 is 1.85 bits per heavy atom. The van der Waals surface area contributed by atoms with Crippen LogP contribution in [-0.2, 0) is 0 Å². The molecule has 0 bridgehead atoms. The smallest absolute Gasteiger partial charge is 0.251 e. The number of nitrogens with zero attached hydrogens (tertiary/aromatic N) is 3. The molecule has 3 aromatic rings. The van der Waals surface area contributed by atoms with Crippen LogP contribution in [0.2, 0.25) is 5.02 Å². The second-order valence-electron chi connectivity index (χ2n) is 4.03. The molecule has 0 unspecified atom stereocenters. The summed E-state index contributed by atoms with van der Waals surface area (Å²) in [4.78, 5) is 8.42. The quantitative estimate of drug-likeness (QED) is 0.730. The predicted molar refractivity (Wildman–Crippen MR) is 77.9 cm³/mol. The normalized spacial score (nSPS) is 11.1. The number of aromatic nitrogens is 3. The maximum absolute atomic E-state index is 6.06. The number of pyridine rings is 1. The second-order valence-corrected chi connectivity index (χ2v) is 4.43. The van der Waals surface area contributed by atoms with Crippen molar-refractivity contribution < 1.29 is 4.52 Å². The summed E-state index contributed by atoms with van der Waals surface area (Å²) in [6.07, 6.45) is 5.24. The molecule has 0 amide bonds. The lowest BCUT2D eigenvalue weighted by atomic mass is 10.2. The first-order valence-electron chi connectivity index (χ1n) is 6.01. The highest BCUT2D eigenvalue weighted by atomic mass is 35.5. The Labute approximate surface area is 120 Å². The van der Waals surface area contributed by atoms with Crippen molar-refractivity contribution in [2.45, 2.75) is 0 Å². The van der Waals surface area contributed by atoms with Crippen LogP contribution in [0.15, 0.2) is 53.2 Å². The Bertz CT molecular complexity index is 738. The number of halogens is 1. The molecular weight excluding hydrogens is 274 g/mol. The molecule has 0 saturated carbocycles. The van der Waals surface area contributed by atoms with Gasteiger partial charge in [-0.15, -0.1) is 0 Å². The van der Waals surface area contributed by atoms with Crippen molar-refractivity contribution in [1.82, 2.24) is 15.1 Å². The fourth-order valence-electron chi connectivity index (χ4n) is 1.67. The molecule has 2 heterocycles. The summed E-state index contributed by atoms with van der Waals surface area (Å²) >= 11 is 6.06. The van der Waals surface area contributed by atoms with Gasteiger partial charge in [0.25, 0.3) is 5.89 Å². The standard InChI is InChI=1S/C15H10ClN3O/c16-12-6-2-1-5-11(12)8-9-14-18-15(19-20-14)13-7-3-4-10-17-13/h1-10H. The first kappa shape index (κ1) is 12.6. The van der Waals surface area contributed by atoms with Gasteiger partial charge in [-0.2, -0.15) is 4.98 Å². The summed E-state index contributed by atoms with van der Waals surface area (Å²) < 4.78 is 5.15. The third kappa shape index (κ3) is 2.75. The molecule has 2 aromatic heterocycles. The lowest BCUT2D eigenvalue weighted by Gasteiger charge is -1.94. The zero-order valence-corrected chi connectivity index (χ0v) is 11.2. The molecule has 5 heteroatoms. The fraction of sp³-hybridized carbons (Fsp3) is 0. The number of rotatable bonds is 3. The molecule has 0 fully saturated rings. The fourth-order valence-corrected chi connectivity index (χ4v) is 1.87. The Balaban J connectivity index is 1.83. The molecule has 0 saturated heterocycles.